The maximum absolute atomic E-state index is 13.0. The van der Waals surface area contributed by atoms with Crippen LogP contribution in [0.5, 0.6) is 0 Å². The molecule has 1 aromatic heterocycles. The highest BCUT2D eigenvalue weighted by molar-refractivity contribution is 5.47. The number of hydrogen-bond acceptors (Lipinski definition) is 4. The molecule has 1 fully saturated rings. The Balaban J connectivity index is 1.82. The lowest BCUT2D eigenvalue weighted by Gasteiger charge is -2.34. The van der Waals surface area contributed by atoms with Crippen LogP contribution in [0.2, 0.25) is 0 Å². The van der Waals surface area contributed by atoms with Gasteiger partial charge in [-0.3, -0.25) is 4.79 Å². The second kappa shape index (κ2) is 5.65. The standard InChI is InChI=1S/C15H16FN3O2/c1-10-17-13(8-15(20)18-10)14-9-19(6-7-21-14)12-4-2-11(16)3-5-12/h2-5,8,14H,6-7,9H2,1H3,(H,17,18,20). The van der Waals surface area contributed by atoms with Gasteiger partial charge in [0.15, 0.2) is 0 Å². The van der Waals surface area contributed by atoms with E-state index in [1.165, 1.54) is 18.2 Å². The van der Waals surface area contributed by atoms with Crippen LogP contribution in [0.4, 0.5) is 10.1 Å². The second-order valence-corrected chi connectivity index (χ2v) is 5.04. The number of anilines is 1. The average molecular weight is 289 g/mol. The summed E-state index contributed by atoms with van der Waals surface area (Å²) < 4.78 is 18.7. The minimum atomic E-state index is -0.259. The molecule has 0 saturated carbocycles. The second-order valence-electron chi connectivity index (χ2n) is 5.04. The molecule has 2 aromatic rings. The van der Waals surface area contributed by atoms with Gasteiger partial charge in [-0.05, 0) is 31.2 Å². The van der Waals surface area contributed by atoms with Gasteiger partial charge in [-0.25, -0.2) is 9.37 Å². The molecule has 0 aliphatic carbocycles. The molecule has 1 atom stereocenters. The molecule has 0 amide bonds. The van der Waals surface area contributed by atoms with Gasteiger partial charge < -0.3 is 14.6 Å². The van der Waals surface area contributed by atoms with E-state index in [1.807, 2.05) is 0 Å². The molecular weight excluding hydrogens is 273 g/mol. The molecule has 110 valence electrons. The Morgan fingerprint density at radius 2 is 2.14 bits per heavy atom. The SMILES string of the molecule is Cc1nc(C2CN(c3ccc(F)cc3)CCO2)cc(=O)[nH]1. The van der Waals surface area contributed by atoms with Crippen molar-refractivity contribution in [2.45, 2.75) is 13.0 Å². The summed E-state index contributed by atoms with van der Waals surface area (Å²) >= 11 is 0. The third-order valence-electron chi connectivity index (χ3n) is 3.47. The van der Waals surface area contributed by atoms with Gasteiger partial charge in [0, 0.05) is 24.8 Å². The van der Waals surface area contributed by atoms with E-state index in [0.717, 1.165) is 12.2 Å². The molecule has 6 heteroatoms. The Morgan fingerprint density at radius 3 is 2.86 bits per heavy atom. The highest BCUT2D eigenvalue weighted by atomic mass is 19.1. The van der Waals surface area contributed by atoms with E-state index in [-0.39, 0.29) is 17.5 Å². The summed E-state index contributed by atoms with van der Waals surface area (Å²) in [6.07, 6.45) is -0.259. The lowest BCUT2D eigenvalue weighted by Crippen LogP contribution is -2.39. The number of nitrogens with one attached hydrogen (secondary N) is 1. The van der Waals surface area contributed by atoms with Crippen LogP contribution in [0.1, 0.15) is 17.6 Å². The lowest BCUT2D eigenvalue weighted by molar-refractivity contribution is 0.0367. The molecule has 1 N–H and O–H groups in total. The normalized spacial score (nSPS) is 18.8. The quantitative estimate of drug-likeness (QED) is 0.916. The molecule has 3 rings (SSSR count). The third-order valence-corrected chi connectivity index (χ3v) is 3.47. The van der Waals surface area contributed by atoms with Crippen molar-refractivity contribution in [3.8, 4) is 0 Å². The molecule has 2 heterocycles. The van der Waals surface area contributed by atoms with Crippen LogP contribution in [0.15, 0.2) is 35.1 Å². The molecule has 1 aliphatic rings. The van der Waals surface area contributed by atoms with Crippen LogP contribution in [-0.4, -0.2) is 29.7 Å². The zero-order valence-electron chi connectivity index (χ0n) is 11.7. The number of ether oxygens (including phenoxy) is 1. The van der Waals surface area contributed by atoms with Crippen molar-refractivity contribution in [2.24, 2.45) is 0 Å². The minimum absolute atomic E-state index is 0.181. The van der Waals surface area contributed by atoms with E-state index in [1.54, 1.807) is 19.1 Å². The Labute approximate surface area is 121 Å². The number of nitrogens with zero attached hydrogens (tertiary/aromatic N) is 2. The first-order valence-electron chi connectivity index (χ1n) is 6.82. The van der Waals surface area contributed by atoms with Gasteiger partial charge in [0.2, 0.25) is 0 Å². The van der Waals surface area contributed by atoms with Crippen LogP contribution in [0.3, 0.4) is 0 Å². The monoisotopic (exact) mass is 289 g/mol. The highest BCUT2D eigenvalue weighted by Crippen LogP contribution is 2.24. The van der Waals surface area contributed by atoms with Crippen molar-refractivity contribution in [3.63, 3.8) is 0 Å². The first kappa shape index (κ1) is 13.8. The van der Waals surface area contributed by atoms with E-state index >= 15 is 0 Å². The topological polar surface area (TPSA) is 58.2 Å². The predicted molar refractivity (Wildman–Crippen MR) is 76.9 cm³/mol. The molecule has 21 heavy (non-hydrogen) atoms. The number of halogens is 1. The van der Waals surface area contributed by atoms with Crippen molar-refractivity contribution < 1.29 is 9.13 Å². The maximum Gasteiger partial charge on any atom is 0.251 e. The summed E-state index contributed by atoms with van der Waals surface area (Å²) in [7, 11) is 0. The first-order chi connectivity index (χ1) is 10.1. The molecule has 0 radical (unpaired) electrons. The smallest absolute Gasteiger partial charge is 0.251 e. The molecule has 1 aromatic carbocycles. The number of morpholine rings is 1. The number of aromatic amines is 1. The summed E-state index contributed by atoms with van der Waals surface area (Å²) in [5.74, 6) is 0.315. The van der Waals surface area contributed by atoms with Crippen molar-refractivity contribution in [3.05, 3.63) is 58.0 Å². The largest absolute Gasteiger partial charge is 0.368 e. The van der Waals surface area contributed by atoms with E-state index in [9.17, 15) is 9.18 Å². The number of aromatic nitrogens is 2. The Morgan fingerprint density at radius 1 is 1.38 bits per heavy atom. The van der Waals surface area contributed by atoms with Crippen LogP contribution in [0, 0.1) is 12.7 Å². The fraction of sp³-hybridized carbons (Fsp3) is 0.333. The van der Waals surface area contributed by atoms with Gasteiger partial charge in [-0.1, -0.05) is 0 Å². The number of aryl methyl sites for hydroxylation is 1. The van der Waals surface area contributed by atoms with E-state index < -0.39 is 0 Å². The summed E-state index contributed by atoms with van der Waals surface area (Å²) in [4.78, 5) is 20.6. The highest BCUT2D eigenvalue weighted by Gasteiger charge is 2.23. The summed E-state index contributed by atoms with van der Waals surface area (Å²) in [6, 6.07) is 7.83. The first-order valence-corrected chi connectivity index (χ1v) is 6.82. The fourth-order valence-electron chi connectivity index (χ4n) is 2.48. The number of H-pyrrole nitrogens is 1. The molecule has 1 unspecified atom stereocenters. The van der Waals surface area contributed by atoms with Crippen molar-refractivity contribution in [1.29, 1.82) is 0 Å². The lowest BCUT2D eigenvalue weighted by atomic mass is 10.1. The number of rotatable bonds is 2. The minimum Gasteiger partial charge on any atom is -0.368 e. The van der Waals surface area contributed by atoms with Crippen LogP contribution < -0.4 is 10.5 Å². The molecule has 5 nitrogen and oxygen atoms in total. The van der Waals surface area contributed by atoms with Gasteiger partial charge in [0.1, 0.15) is 17.7 Å². The zero-order valence-corrected chi connectivity index (χ0v) is 11.7. The van der Waals surface area contributed by atoms with Crippen molar-refractivity contribution >= 4 is 5.69 Å². The van der Waals surface area contributed by atoms with Gasteiger partial charge in [-0.2, -0.15) is 0 Å². The average Bonchev–Trinajstić information content (AvgIpc) is 2.47. The Hall–Kier alpha value is -2.21. The van der Waals surface area contributed by atoms with Gasteiger partial charge in [-0.15, -0.1) is 0 Å². The summed E-state index contributed by atoms with van der Waals surface area (Å²) in [5.41, 5.74) is 1.38. The van der Waals surface area contributed by atoms with Crippen molar-refractivity contribution in [2.75, 3.05) is 24.6 Å². The van der Waals surface area contributed by atoms with Gasteiger partial charge in [0.05, 0.1) is 12.3 Å². The summed E-state index contributed by atoms with van der Waals surface area (Å²) in [5, 5.41) is 0. The number of benzene rings is 1. The zero-order chi connectivity index (χ0) is 14.8. The Bertz CT molecular complexity index is 684. The number of hydrogen-bond donors (Lipinski definition) is 1. The predicted octanol–water partition coefficient (Wildman–Crippen LogP) is 1.80. The summed E-state index contributed by atoms with van der Waals surface area (Å²) in [6.45, 7) is 3.59. The van der Waals surface area contributed by atoms with Gasteiger partial charge >= 0.3 is 0 Å². The third kappa shape index (κ3) is 3.11. The van der Waals surface area contributed by atoms with Crippen LogP contribution in [0.25, 0.3) is 0 Å². The van der Waals surface area contributed by atoms with Crippen LogP contribution >= 0.6 is 0 Å². The van der Waals surface area contributed by atoms with E-state index in [4.69, 9.17) is 4.74 Å². The van der Waals surface area contributed by atoms with Gasteiger partial charge in [0.25, 0.3) is 5.56 Å². The molecule has 1 saturated heterocycles. The van der Waals surface area contributed by atoms with Crippen LogP contribution in [-0.2, 0) is 4.74 Å². The maximum atomic E-state index is 13.0. The van der Waals surface area contributed by atoms with E-state index in [2.05, 4.69) is 14.9 Å². The molecule has 1 aliphatic heterocycles. The van der Waals surface area contributed by atoms with Crippen molar-refractivity contribution in [1.82, 2.24) is 9.97 Å². The molecular formula is C15H16FN3O2. The fourth-order valence-corrected chi connectivity index (χ4v) is 2.48. The Kier molecular flexibility index (Phi) is 3.70. The molecule has 0 bridgehead atoms. The van der Waals surface area contributed by atoms with E-state index in [0.29, 0.717) is 24.7 Å². The molecule has 0 spiro atoms.